The maximum absolute atomic E-state index is 12.4. The van der Waals surface area contributed by atoms with Gasteiger partial charge in [0.2, 0.25) is 0 Å². The van der Waals surface area contributed by atoms with Crippen molar-refractivity contribution in [3.8, 4) is 17.2 Å². The van der Waals surface area contributed by atoms with Gasteiger partial charge in [0.25, 0.3) is 11.7 Å². The van der Waals surface area contributed by atoms with E-state index in [2.05, 4.69) is 5.32 Å². The lowest BCUT2D eigenvalue weighted by Gasteiger charge is -2.17. The number of ether oxygens (including phenoxy) is 3. The van der Waals surface area contributed by atoms with Gasteiger partial charge in [0.15, 0.2) is 0 Å². The van der Waals surface area contributed by atoms with Crippen LogP contribution in [0.15, 0.2) is 48.0 Å². The fourth-order valence-corrected chi connectivity index (χ4v) is 2.96. The summed E-state index contributed by atoms with van der Waals surface area (Å²) in [6.07, 6.45) is 0. The summed E-state index contributed by atoms with van der Waals surface area (Å²) in [6.45, 7) is 0. The molecule has 2 aromatic carbocycles. The Bertz CT molecular complexity index is 917. The van der Waals surface area contributed by atoms with Crippen molar-refractivity contribution in [2.75, 3.05) is 21.3 Å². The third kappa shape index (κ3) is 3.31. The molecule has 0 saturated carbocycles. The zero-order chi connectivity index (χ0) is 19.6. The van der Waals surface area contributed by atoms with Gasteiger partial charge in [-0.2, -0.15) is 0 Å². The summed E-state index contributed by atoms with van der Waals surface area (Å²) in [7, 11) is 4.53. The van der Waals surface area contributed by atoms with E-state index >= 15 is 0 Å². The molecule has 2 aromatic rings. The maximum atomic E-state index is 12.4. The van der Waals surface area contributed by atoms with Gasteiger partial charge in [0.05, 0.1) is 32.9 Å². The molecule has 3 rings (SSSR count). The minimum atomic E-state index is -0.840. The lowest BCUT2D eigenvalue weighted by molar-refractivity contribution is -0.133. The number of Topliss-reactive ketones (excluding diaryl/α,β-unsaturated/α-hetero) is 1. The summed E-state index contributed by atoms with van der Waals surface area (Å²) in [5, 5.41) is 13.3. The first kappa shape index (κ1) is 18.3. The van der Waals surface area contributed by atoms with Crippen molar-refractivity contribution in [3.05, 3.63) is 59.2 Å². The maximum Gasteiger partial charge on any atom is 0.293 e. The molecule has 27 heavy (non-hydrogen) atoms. The molecule has 1 amide bonds. The van der Waals surface area contributed by atoms with E-state index in [4.69, 9.17) is 14.2 Å². The highest BCUT2D eigenvalue weighted by atomic mass is 16.5. The van der Waals surface area contributed by atoms with Crippen LogP contribution in [0.1, 0.15) is 17.2 Å². The van der Waals surface area contributed by atoms with Gasteiger partial charge in [-0.05, 0) is 36.4 Å². The van der Waals surface area contributed by atoms with Crippen LogP contribution in [0.25, 0.3) is 5.76 Å². The van der Waals surface area contributed by atoms with Gasteiger partial charge in [0.1, 0.15) is 23.0 Å². The highest BCUT2D eigenvalue weighted by Gasteiger charge is 2.40. The van der Waals surface area contributed by atoms with E-state index in [0.29, 0.717) is 28.4 Å². The minimum Gasteiger partial charge on any atom is -0.507 e. The van der Waals surface area contributed by atoms with Crippen molar-refractivity contribution >= 4 is 17.4 Å². The van der Waals surface area contributed by atoms with Crippen LogP contribution in [-0.4, -0.2) is 38.1 Å². The molecule has 1 saturated heterocycles. The van der Waals surface area contributed by atoms with E-state index < -0.39 is 17.7 Å². The van der Waals surface area contributed by atoms with Crippen LogP contribution in [0.4, 0.5) is 0 Å². The molecule has 7 nitrogen and oxygen atoms in total. The second-order valence-electron chi connectivity index (χ2n) is 5.83. The van der Waals surface area contributed by atoms with Crippen molar-refractivity contribution in [3.63, 3.8) is 0 Å². The second-order valence-corrected chi connectivity index (χ2v) is 5.83. The number of benzene rings is 2. The van der Waals surface area contributed by atoms with E-state index in [-0.39, 0.29) is 11.3 Å². The van der Waals surface area contributed by atoms with Crippen LogP contribution in [0.2, 0.25) is 0 Å². The van der Waals surface area contributed by atoms with Gasteiger partial charge in [0, 0.05) is 17.2 Å². The van der Waals surface area contributed by atoms with Gasteiger partial charge in [-0.15, -0.1) is 0 Å². The van der Waals surface area contributed by atoms with Crippen LogP contribution in [-0.2, 0) is 9.59 Å². The molecule has 1 aliphatic heterocycles. The Labute approximate surface area is 156 Å². The van der Waals surface area contributed by atoms with Gasteiger partial charge in [-0.1, -0.05) is 0 Å². The third-order valence-corrected chi connectivity index (χ3v) is 4.39. The quantitative estimate of drug-likeness (QED) is 0.478. The molecule has 1 fully saturated rings. The van der Waals surface area contributed by atoms with Crippen molar-refractivity contribution in [2.45, 2.75) is 6.04 Å². The number of ketones is 1. The largest absolute Gasteiger partial charge is 0.507 e. The predicted molar refractivity (Wildman–Crippen MR) is 98.0 cm³/mol. The molecular weight excluding hydrogens is 350 g/mol. The average Bonchev–Trinajstić information content (AvgIpc) is 3.01. The first-order chi connectivity index (χ1) is 13.0. The number of amides is 1. The number of nitrogens with one attached hydrogen (secondary N) is 1. The zero-order valence-electron chi connectivity index (χ0n) is 15.1. The first-order valence-corrected chi connectivity index (χ1v) is 8.14. The number of carbonyl (C=O) groups excluding carboxylic acids is 2. The number of hydrogen-bond donors (Lipinski definition) is 2. The number of hydrogen-bond acceptors (Lipinski definition) is 6. The van der Waals surface area contributed by atoms with Gasteiger partial charge >= 0.3 is 0 Å². The lowest BCUT2D eigenvalue weighted by atomic mass is 9.95. The Kier molecular flexibility index (Phi) is 5.03. The zero-order valence-corrected chi connectivity index (χ0v) is 15.1. The predicted octanol–water partition coefficient (Wildman–Crippen LogP) is 2.42. The van der Waals surface area contributed by atoms with Crippen molar-refractivity contribution in [2.24, 2.45) is 0 Å². The van der Waals surface area contributed by atoms with Crippen molar-refractivity contribution in [1.82, 2.24) is 5.32 Å². The number of methoxy groups -OCH3 is 3. The van der Waals surface area contributed by atoms with Gasteiger partial charge in [-0.25, -0.2) is 0 Å². The Balaban J connectivity index is 2.11. The Morgan fingerprint density at radius 1 is 0.926 bits per heavy atom. The molecule has 0 bridgehead atoms. The molecule has 1 unspecified atom stereocenters. The van der Waals surface area contributed by atoms with Crippen LogP contribution in [0.5, 0.6) is 17.2 Å². The SMILES string of the molecule is COc1ccc(/C(O)=C2\C(=O)C(=O)NC2c2ccc(OC)cc2OC)cc1. The topological polar surface area (TPSA) is 94.1 Å². The normalized spacial score (nSPS) is 18.1. The Hall–Kier alpha value is -3.48. The summed E-state index contributed by atoms with van der Waals surface area (Å²) < 4.78 is 15.6. The molecule has 140 valence electrons. The number of rotatable bonds is 5. The molecule has 0 aliphatic carbocycles. The first-order valence-electron chi connectivity index (χ1n) is 8.14. The number of carbonyl (C=O) groups is 2. The summed E-state index contributed by atoms with van der Waals surface area (Å²) >= 11 is 0. The molecule has 7 heteroatoms. The van der Waals surface area contributed by atoms with Crippen LogP contribution in [0, 0.1) is 0 Å². The highest BCUT2D eigenvalue weighted by molar-refractivity contribution is 6.46. The summed E-state index contributed by atoms with van der Waals surface area (Å²) in [5.41, 5.74) is 0.898. The smallest absolute Gasteiger partial charge is 0.293 e. The molecule has 0 radical (unpaired) electrons. The Morgan fingerprint density at radius 2 is 1.56 bits per heavy atom. The summed E-state index contributed by atoms with van der Waals surface area (Å²) in [5.74, 6) is -0.245. The van der Waals surface area contributed by atoms with Crippen molar-refractivity contribution < 1.29 is 28.9 Å². The number of aliphatic hydroxyl groups excluding tert-OH is 1. The minimum absolute atomic E-state index is 0.0337. The highest BCUT2D eigenvalue weighted by Crippen LogP contribution is 2.38. The fourth-order valence-electron chi connectivity index (χ4n) is 2.96. The summed E-state index contributed by atoms with van der Waals surface area (Å²) in [6, 6.07) is 10.7. The van der Waals surface area contributed by atoms with Crippen LogP contribution < -0.4 is 19.5 Å². The van der Waals surface area contributed by atoms with E-state index in [1.807, 2.05) is 0 Å². The summed E-state index contributed by atoms with van der Waals surface area (Å²) in [4.78, 5) is 24.5. The van der Waals surface area contributed by atoms with E-state index in [0.717, 1.165) is 0 Å². The molecular formula is C20H19NO6. The second kappa shape index (κ2) is 7.41. The van der Waals surface area contributed by atoms with Crippen LogP contribution >= 0.6 is 0 Å². The molecule has 1 heterocycles. The molecule has 0 spiro atoms. The number of aliphatic hydroxyl groups is 1. The van der Waals surface area contributed by atoms with E-state index in [1.54, 1.807) is 42.5 Å². The van der Waals surface area contributed by atoms with Gasteiger partial charge in [-0.3, -0.25) is 9.59 Å². The molecule has 1 atom stereocenters. The van der Waals surface area contributed by atoms with Crippen molar-refractivity contribution in [1.29, 1.82) is 0 Å². The standard InChI is InChI=1S/C20H19NO6/c1-25-12-6-4-11(5-7-12)18(22)16-17(21-20(24)19(16)23)14-9-8-13(26-2)10-15(14)27-3/h4-10,17,22H,1-3H3,(H,21,24)/b18-16+. The van der Waals surface area contributed by atoms with E-state index in [1.165, 1.54) is 21.3 Å². The Morgan fingerprint density at radius 3 is 2.15 bits per heavy atom. The molecule has 0 aromatic heterocycles. The van der Waals surface area contributed by atoms with Gasteiger partial charge < -0.3 is 24.6 Å². The van der Waals surface area contributed by atoms with Crippen LogP contribution in [0.3, 0.4) is 0 Å². The molecule has 2 N–H and O–H groups in total. The third-order valence-electron chi connectivity index (χ3n) is 4.39. The van der Waals surface area contributed by atoms with E-state index in [9.17, 15) is 14.7 Å². The molecule has 1 aliphatic rings. The average molecular weight is 369 g/mol. The fraction of sp³-hybridized carbons (Fsp3) is 0.200. The lowest BCUT2D eigenvalue weighted by Crippen LogP contribution is -2.21. The monoisotopic (exact) mass is 369 g/mol.